The molecule has 252 valence electrons. The smallest absolute Gasteiger partial charge is 0.253 e. The fourth-order valence-corrected chi connectivity index (χ4v) is 5.43. The Morgan fingerprint density at radius 3 is 1.96 bits per heavy atom. The minimum atomic E-state index is -1.07. The topological polar surface area (TPSA) is 155 Å². The van der Waals surface area contributed by atoms with Gasteiger partial charge in [0.05, 0.1) is 0 Å². The first-order valence-electron chi connectivity index (χ1n) is 16.0. The number of fused-ring (bicyclic) bond motifs is 1. The maximum atomic E-state index is 13.3. The Hall–Kier alpha value is -4.77. The second kappa shape index (κ2) is 18.0. The molecule has 48 heavy (non-hydrogen) atoms. The number of epoxide rings is 1. The van der Waals surface area contributed by atoms with Crippen molar-refractivity contribution in [3.05, 3.63) is 114 Å². The summed E-state index contributed by atoms with van der Waals surface area (Å²) in [5.74, 6) is -1.83. The molecule has 0 spiro atoms. The summed E-state index contributed by atoms with van der Waals surface area (Å²) < 4.78 is 5.48. The van der Waals surface area contributed by atoms with Crippen molar-refractivity contribution in [2.45, 2.75) is 56.4 Å². The number of carbonyl (C=O) groups excluding carboxylic acids is 4. The van der Waals surface area contributed by atoms with Crippen molar-refractivity contribution in [1.82, 2.24) is 16.0 Å². The van der Waals surface area contributed by atoms with Gasteiger partial charge in [0.2, 0.25) is 11.8 Å². The molecular weight excluding hydrogens is 630 g/mol. The van der Waals surface area contributed by atoms with Crippen molar-refractivity contribution in [2.75, 3.05) is 18.4 Å². The van der Waals surface area contributed by atoms with Gasteiger partial charge in [0.15, 0.2) is 12.2 Å². The van der Waals surface area contributed by atoms with Crippen molar-refractivity contribution in [3.63, 3.8) is 0 Å². The van der Waals surface area contributed by atoms with Gasteiger partial charge < -0.3 is 31.7 Å². The van der Waals surface area contributed by atoms with Gasteiger partial charge in [-0.05, 0) is 66.3 Å². The lowest BCUT2D eigenvalue weighted by molar-refractivity contribution is -0.129. The fraction of sp³-hybridized carbons (Fsp3) is 0.297. The van der Waals surface area contributed by atoms with Crippen LogP contribution in [0.3, 0.4) is 0 Å². The minimum Gasteiger partial charge on any atom is -0.354 e. The Morgan fingerprint density at radius 1 is 0.688 bits per heavy atom. The number of benzene rings is 4. The molecule has 4 amide bonds. The highest BCUT2D eigenvalue weighted by atomic mass is 35.5. The Labute approximate surface area is 286 Å². The average molecular weight is 672 g/mol. The number of halogens is 1. The van der Waals surface area contributed by atoms with Gasteiger partial charge in [0.25, 0.3) is 11.8 Å². The first kappa shape index (κ1) is 36.1. The van der Waals surface area contributed by atoms with Gasteiger partial charge in [0, 0.05) is 18.7 Å². The van der Waals surface area contributed by atoms with Gasteiger partial charge in [-0.1, -0.05) is 91.0 Å². The van der Waals surface area contributed by atoms with Gasteiger partial charge in [-0.25, -0.2) is 0 Å². The monoisotopic (exact) mass is 671 g/mol. The Kier molecular flexibility index (Phi) is 13.5. The van der Waals surface area contributed by atoms with Crippen LogP contribution in [0.4, 0.5) is 5.69 Å². The number of hydrogen-bond acceptors (Lipinski definition) is 6. The van der Waals surface area contributed by atoms with E-state index in [-0.39, 0.29) is 30.6 Å². The normalized spacial score (nSPS) is 16.1. The molecule has 1 aliphatic heterocycles. The molecule has 11 heteroatoms. The van der Waals surface area contributed by atoms with Crippen molar-refractivity contribution < 1.29 is 23.9 Å². The summed E-state index contributed by atoms with van der Waals surface area (Å²) in [5.41, 5.74) is 8.23. The highest BCUT2D eigenvalue weighted by Gasteiger charge is 2.51. The maximum Gasteiger partial charge on any atom is 0.253 e. The molecule has 1 fully saturated rings. The standard InChI is InChI=1S/C37H41N5O5.ClH/c38-21-10-9-17-30(35(44)40-29-19-18-27-15-7-8-16-28(27)24-29)41-36(45)32-33(47-32)37(46)42-31(23-26-13-5-2-6-14-26)34(43)39-22-20-25-11-3-1-4-12-25;/h1-8,11-16,18-19,24,30-33H,9-10,17,20-23,38H2,(H,39,43)(H,40,44)(H,41,45)(H,42,46);1H/t30-,31-,32+,33+;/m0./s1. The van der Waals surface area contributed by atoms with E-state index in [0.717, 1.165) is 21.9 Å². The second-order valence-corrected chi connectivity index (χ2v) is 11.7. The molecule has 10 nitrogen and oxygen atoms in total. The number of unbranched alkanes of at least 4 members (excludes halogenated alkanes) is 1. The highest BCUT2D eigenvalue weighted by Crippen LogP contribution is 2.24. The molecule has 4 aromatic carbocycles. The lowest BCUT2D eigenvalue weighted by Gasteiger charge is -2.19. The van der Waals surface area contributed by atoms with E-state index in [9.17, 15) is 19.2 Å². The number of nitrogens with two attached hydrogens (primary N) is 1. The molecular formula is C37H42ClN5O5. The van der Waals surface area contributed by atoms with E-state index < -0.39 is 36.1 Å². The predicted molar refractivity (Wildman–Crippen MR) is 189 cm³/mol. The van der Waals surface area contributed by atoms with Gasteiger partial charge in [-0.15, -0.1) is 12.4 Å². The summed E-state index contributed by atoms with van der Waals surface area (Å²) >= 11 is 0. The first-order chi connectivity index (χ1) is 22.9. The number of amides is 4. The quantitative estimate of drug-likeness (QED) is 0.0905. The molecule has 4 atom stereocenters. The average Bonchev–Trinajstić information content (AvgIpc) is 3.90. The van der Waals surface area contributed by atoms with Crippen LogP contribution < -0.4 is 27.0 Å². The van der Waals surface area contributed by atoms with Crippen LogP contribution in [0.2, 0.25) is 0 Å². The summed E-state index contributed by atoms with van der Waals surface area (Å²) in [6, 6.07) is 30.9. The van der Waals surface area contributed by atoms with Crippen LogP contribution in [-0.4, -0.2) is 61.0 Å². The largest absolute Gasteiger partial charge is 0.354 e. The van der Waals surface area contributed by atoms with Crippen LogP contribution in [0.1, 0.15) is 30.4 Å². The molecule has 5 rings (SSSR count). The number of hydrogen-bond donors (Lipinski definition) is 5. The minimum absolute atomic E-state index is 0. The van der Waals surface area contributed by atoms with Crippen LogP contribution in [0, 0.1) is 0 Å². The number of rotatable bonds is 16. The molecule has 6 N–H and O–H groups in total. The Balaban J connectivity index is 0.00000520. The lowest BCUT2D eigenvalue weighted by Crippen LogP contribution is -2.50. The van der Waals surface area contributed by atoms with Crippen LogP contribution in [0.5, 0.6) is 0 Å². The fourth-order valence-electron chi connectivity index (χ4n) is 5.43. The van der Waals surface area contributed by atoms with Crippen LogP contribution in [0.15, 0.2) is 103 Å². The SMILES string of the molecule is Cl.NCCCC[C@H](NC(=O)[C@@H]1O[C@H]1C(=O)N[C@@H](Cc1ccccc1)C(=O)NCCc1ccccc1)C(=O)Nc1ccc2ccccc2c1. The molecule has 4 aromatic rings. The van der Waals surface area contributed by atoms with E-state index >= 15 is 0 Å². The first-order valence-corrected chi connectivity index (χ1v) is 16.0. The predicted octanol–water partition coefficient (Wildman–Crippen LogP) is 3.67. The number of carbonyl (C=O) groups is 4. The van der Waals surface area contributed by atoms with Crippen LogP contribution >= 0.6 is 12.4 Å². The van der Waals surface area contributed by atoms with Crippen LogP contribution in [0.25, 0.3) is 10.8 Å². The molecule has 0 saturated carbocycles. The van der Waals surface area contributed by atoms with Gasteiger partial charge in [-0.3, -0.25) is 19.2 Å². The lowest BCUT2D eigenvalue weighted by atomic mass is 10.0. The van der Waals surface area contributed by atoms with Crippen LogP contribution in [-0.2, 0) is 36.8 Å². The second-order valence-electron chi connectivity index (χ2n) is 11.7. The molecule has 0 aliphatic carbocycles. The van der Waals surface area contributed by atoms with Crippen molar-refractivity contribution in [2.24, 2.45) is 5.73 Å². The van der Waals surface area contributed by atoms with E-state index in [0.29, 0.717) is 44.5 Å². The third kappa shape index (κ3) is 10.4. The van der Waals surface area contributed by atoms with Crippen molar-refractivity contribution in [3.8, 4) is 0 Å². The van der Waals surface area contributed by atoms with Crippen molar-refractivity contribution in [1.29, 1.82) is 0 Å². The van der Waals surface area contributed by atoms with E-state index in [1.54, 1.807) is 0 Å². The van der Waals surface area contributed by atoms with Crippen molar-refractivity contribution >= 4 is 52.5 Å². The summed E-state index contributed by atoms with van der Waals surface area (Å²) in [7, 11) is 0. The molecule has 0 radical (unpaired) electrons. The number of anilines is 1. The maximum absolute atomic E-state index is 13.3. The van der Waals surface area contributed by atoms with E-state index in [1.165, 1.54) is 0 Å². The van der Waals surface area contributed by atoms with Gasteiger partial charge >= 0.3 is 0 Å². The molecule has 1 heterocycles. The van der Waals surface area contributed by atoms with E-state index in [2.05, 4.69) is 21.3 Å². The Bertz CT molecular complexity index is 1670. The molecule has 0 bridgehead atoms. The summed E-state index contributed by atoms with van der Waals surface area (Å²) in [6.07, 6.45) is 0.463. The van der Waals surface area contributed by atoms with Gasteiger partial charge in [-0.2, -0.15) is 0 Å². The van der Waals surface area contributed by atoms with E-state index in [4.69, 9.17) is 10.5 Å². The zero-order chi connectivity index (χ0) is 33.0. The third-order valence-corrected chi connectivity index (χ3v) is 8.08. The third-order valence-electron chi connectivity index (χ3n) is 8.08. The number of nitrogens with one attached hydrogen (secondary N) is 4. The number of ether oxygens (including phenoxy) is 1. The molecule has 0 unspecified atom stereocenters. The summed E-state index contributed by atoms with van der Waals surface area (Å²) in [5, 5.41) is 13.4. The molecule has 1 saturated heterocycles. The van der Waals surface area contributed by atoms with Gasteiger partial charge in [0.1, 0.15) is 12.1 Å². The zero-order valence-corrected chi connectivity index (χ0v) is 27.4. The van der Waals surface area contributed by atoms with E-state index in [1.807, 2.05) is 103 Å². The zero-order valence-electron chi connectivity index (χ0n) is 26.6. The Morgan fingerprint density at radius 2 is 1.29 bits per heavy atom. The molecule has 0 aromatic heterocycles. The molecule has 1 aliphatic rings. The highest BCUT2D eigenvalue weighted by molar-refractivity contribution is 6.01. The summed E-state index contributed by atoms with van der Waals surface area (Å²) in [4.78, 5) is 52.9. The summed E-state index contributed by atoms with van der Waals surface area (Å²) in [6.45, 7) is 0.868.